The number of fused-ring (bicyclic) bond motifs is 1. The van der Waals surface area contributed by atoms with Crippen LogP contribution in [-0.4, -0.2) is 69.1 Å². The molecule has 2 fully saturated rings. The Morgan fingerprint density at radius 2 is 1.82 bits per heavy atom. The summed E-state index contributed by atoms with van der Waals surface area (Å²) in [7, 11) is 0. The summed E-state index contributed by atoms with van der Waals surface area (Å²) in [4.78, 5) is 61.5. The molecule has 4 atom stereocenters. The number of non-ortho nitro benzene ring substituents is 1. The van der Waals surface area contributed by atoms with E-state index in [2.05, 4.69) is 5.32 Å². The van der Waals surface area contributed by atoms with E-state index < -0.39 is 51.0 Å². The minimum absolute atomic E-state index is 0.111. The third-order valence-electron chi connectivity index (χ3n) is 6.01. The number of amides is 3. The molecule has 0 aliphatic carbocycles. The van der Waals surface area contributed by atoms with Crippen molar-refractivity contribution in [2.45, 2.75) is 35.7 Å². The molecule has 0 saturated carbocycles. The Balaban J connectivity index is 1.42. The van der Waals surface area contributed by atoms with Gasteiger partial charge in [0.15, 0.2) is 6.61 Å². The third-order valence-corrected chi connectivity index (χ3v) is 7.63. The summed E-state index contributed by atoms with van der Waals surface area (Å²) in [6.45, 7) is 0.826. The molecule has 2 aromatic rings. The molecule has 3 amide bonds. The second-order valence-corrected chi connectivity index (χ2v) is 10.4. The van der Waals surface area contributed by atoms with Crippen molar-refractivity contribution < 1.29 is 38.3 Å². The summed E-state index contributed by atoms with van der Waals surface area (Å²) in [5, 5.41) is 12.8. The van der Waals surface area contributed by atoms with Gasteiger partial charge < -0.3 is 30.2 Å². The van der Waals surface area contributed by atoms with E-state index >= 15 is 0 Å². The van der Waals surface area contributed by atoms with Gasteiger partial charge >= 0.3 is 12.1 Å². The lowest BCUT2D eigenvalue weighted by Gasteiger charge is -2.43. The number of β-lactam (4-membered cyclic amide) rings is 1. The van der Waals surface area contributed by atoms with Crippen LogP contribution >= 0.6 is 11.8 Å². The number of hydrogen-bond acceptors (Lipinski definition) is 10. The zero-order valence-corrected chi connectivity index (χ0v) is 20.9. The minimum Gasteiger partial charge on any atom is -0.484 e. The van der Waals surface area contributed by atoms with E-state index in [0.717, 1.165) is 0 Å². The molecule has 2 aromatic carbocycles. The van der Waals surface area contributed by atoms with Gasteiger partial charge in [-0.3, -0.25) is 19.7 Å². The van der Waals surface area contributed by atoms with Crippen LogP contribution in [0, 0.1) is 10.1 Å². The first kappa shape index (κ1) is 26.7. The van der Waals surface area contributed by atoms with Gasteiger partial charge in [0.05, 0.1) is 9.67 Å². The number of carbonyl (C=O) groups excluding carboxylic acids is 4. The van der Waals surface area contributed by atoms with Gasteiger partial charge in [0.1, 0.15) is 36.4 Å². The van der Waals surface area contributed by atoms with Crippen LogP contribution in [0.3, 0.4) is 0 Å². The number of nitrogens with one attached hydrogen (secondary N) is 1. The van der Waals surface area contributed by atoms with Crippen molar-refractivity contribution in [3.63, 3.8) is 0 Å². The van der Waals surface area contributed by atoms with E-state index in [0.29, 0.717) is 11.3 Å². The van der Waals surface area contributed by atoms with E-state index in [9.17, 15) is 29.3 Å². The van der Waals surface area contributed by atoms with Crippen molar-refractivity contribution in [3.05, 3.63) is 70.3 Å². The molecule has 38 heavy (non-hydrogen) atoms. The fourth-order valence-corrected chi connectivity index (χ4v) is 5.85. The SMILES string of the molecule is CC1(COC(N)=O)S[C@@H]2C(NC(=O)COc3ccccc3)C(=O)N2C1C(=O)OCc1ccc([N+](=O)[O-])cc1. The van der Waals surface area contributed by atoms with Crippen molar-refractivity contribution in [2.24, 2.45) is 5.73 Å². The smallest absolute Gasteiger partial charge is 0.404 e. The lowest BCUT2D eigenvalue weighted by Crippen LogP contribution is -2.71. The standard InChI is InChI=1S/C24H24N4O9S/c1-24(13-37-23(25)32)19(22(31)36-11-14-7-9-15(10-8-14)28(33)34)27-20(30)18(21(27)38-24)26-17(29)12-35-16-5-3-2-4-6-16/h2-10,18-19,21H,11-13H2,1H3,(H2,25,32)(H,26,29)/t18?,19?,21-,24?/m1/s1. The highest BCUT2D eigenvalue weighted by atomic mass is 32.2. The quantitative estimate of drug-likeness (QED) is 0.192. The number of primary amides is 1. The maximum absolute atomic E-state index is 13.2. The zero-order valence-electron chi connectivity index (χ0n) is 20.1. The van der Waals surface area contributed by atoms with E-state index in [1.165, 1.54) is 40.9 Å². The predicted octanol–water partition coefficient (Wildman–Crippen LogP) is 1.34. The number of nitro groups is 1. The number of ether oxygens (including phenoxy) is 3. The number of nitro benzene ring substituents is 1. The average molecular weight is 545 g/mol. The maximum Gasteiger partial charge on any atom is 0.404 e. The summed E-state index contributed by atoms with van der Waals surface area (Å²) in [6.07, 6.45) is -1.05. The summed E-state index contributed by atoms with van der Waals surface area (Å²) in [5.41, 5.74) is 5.51. The number of thioether (sulfide) groups is 1. The number of para-hydroxylation sites is 1. The number of nitrogens with zero attached hydrogens (tertiary/aromatic N) is 2. The lowest BCUT2D eigenvalue weighted by atomic mass is 9.95. The highest BCUT2D eigenvalue weighted by Crippen LogP contribution is 2.51. The Bertz CT molecular complexity index is 1240. The molecule has 2 aliphatic heterocycles. The fraction of sp³-hybridized carbons (Fsp3) is 0.333. The van der Waals surface area contributed by atoms with Gasteiger partial charge in [-0.2, -0.15) is 0 Å². The molecule has 0 bridgehead atoms. The van der Waals surface area contributed by atoms with Crippen molar-refractivity contribution in [3.8, 4) is 5.75 Å². The second-order valence-electron chi connectivity index (χ2n) is 8.76. The Morgan fingerprint density at radius 1 is 1.13 bits per heavy atom. The van der Waals surface area contributed by atoms with Crippen LogP contribution in [0.25, 0.3) is 0 Å². The van der Waals surface area contributed by atoms with Gasteiger partial charge in [0.2, 0.25) is 5.91 Å². The van der Waals surface area contributed by atoms with E-state index in [1.54, 1.807) is 37.3 Å². The first-order valence-corrected chi connectivity index (χ1v) is 12.3. The first-order chi connectivity index (χ1) is 18.1. The molecule has 0 aromatic heterocycles. The van der Waals surface area contributed by atoms with E-state index in [4.69, 9.17) is 19.9 Å². The van der Waals surface area contributed by atoms with Crippen LogP contribution in [0.2, 0.25) is 0 Å². The van der Waals surface area contributed by atoms with Gasteiger partial charge in [0.25, 0.3) is 11.6 Å². The Morgan fingerprint density at radius 3 is 2.45 bits per heavy atom. The number of rotatable bonds is 10. The average Bonchev–Trinajstić information content (AvgIpc) is 3.18. The molecule has 4 rings (SSSR count). The summed E-state index contributed by atoms with van der Waals surface area (Å²) in [6, 6.07) is 12.1. The third kappa shape index (κ3) is 5.64. The Hall–Kier alpha value is -4.33. The van der Waals surface area contributed by atoms with Gasteiger partial charge in [-0.1, -0.05) is 18.2 Å². The Kier molecular flexibility index (Phi) is 7.71. The highest BCUT2D eigenvalue weighted by molar-refractivity contribution is 8.01. The molecule has 0 spiro atoms. The van der Waals surface area contributed by atoms with E-state index in [-0.39, 0.29) is 25.5 Å². The molecule has 2 saturated heterocycles. The molecule has 200 valence electrons. The van der Waals surface area contributed by atoms with Crippen LogP contribution in [0.1, 0.15) is 12.5 Å². The van der Waals surface area contributed by atoms with Gasteiger partial charge in [-0.15, -0.1) is 11.8 Å². The second kappa shape index (κ2) is 11.0. The first-order valence-electron chi connectivity index (χ1n) is 11.4. The van der Waals surface area contributed by atoms with Crippen molar-refractivity contribution >= 4 is 41.3 Å². The molecular weight excluding hydrogens is 520 g/mol. The molecule has 3 unspecified atom stereocenters. The molecule has 3 N–H and O–H groups in total. The topological polar surface area (TPSA) is 180 Å². The number of benzene rings is 2. The number of esters is 1. The molecule has 13 nitrogen and oxygen atoms in total. The van der Waals surface area contributed by atoms with Crippen molar-refractivity contribution in [1.29, 1.82) is 0 Å². The molecule has 2 aliphatic rings. The van der Waals surface area contributed by atoms with Crippen LogP contribution in [0.4, 0.5) is 10.5 Å². The van der Waals surface area contributed by atoms with Crippen molar-refractivity contribution in [2.75, 3.05) is 13.2 Å². The maximum atomic E-state index is 13.2. The minimum atomic E-state index is -1.14. The highest BCUT2D eigenvalue weighted by Gasteiger charge is 2.66. The van der Waals surface area contributed by atoms with Gasteiger partial charge in [-0.05, 0) is 36.8 Å². The van der Waals surface area contributed by atoms with Gasteiger partial charge in [0, 0.05) is 12.1 Å². The van der Waals surface area contributed by atoms with Crippen LogP contribution in [-0.2, 0) is 30.5 Å². The number of carbonyl (C=O) groups is 4. The lowest BCUT2D eigenvalue weighted by molar-refractivity contribution is -0.384. The molecule has 2 heterocycles. The van der Waals surface area contributed by atoms with Crippen LogP contribution in [0.15, 0.2) is 54.6 Å². The van der Waals surface area contributed by atoms with Crippen molar-refractivity contribution in [1.82, 2.24) is 10.2 Å². The fourth-order valence-electron chi connectivity index (χ4n) is 4.17. The van der Waals surface area contributed by atoms with Crippen LogP contribution in [0.5, 0.6) is 5.75 Å². The Labute approximate surface area is 220 Å². The monoisotopic (exact) mass is 544 g/mol. The summed E-state index contributed by atoms with van der Waals surface area (Å²) in [5.74, 6) is -1.30. The molecule has 14 heteroatoms. The molecule has 0 radical (unpaired) electrons. The number of hydrogen-bond donors (Lipinski definition) is 2. The van der Waals surface area contributed by atoms with Gasteiger partial charge in [-0.25, -0.2) is 9.59 Å². The van der Waals surface area contributed by atoms with E-state index in [1.807, 2.05) is 0 Å². The van der Waals surface area contributed by atoms with Crippen LogP contribution < -0.4 is 15.8 Å². The normalized spacial score (nSPS) is 23.6. The molecular formula is C24H24N4O9S. The summed E-state index contributed by atoms with van der Waals surface area (Å²) >= 11 is 1.18. The summed E-state index contributed by atoms with van der Waals surface area (Å²) < 4.78 is 14.7. The largest absolute Gasteiger partial charge is 0.484 e. The zero-order chi connectivity index (χ0) is 27.4. The predicted molar refractivity (Wildman–Crippen MR) is 133 cm³/mol. The number of nitrogens with two attached hydrogens (primary N) is 1.